The summed E-state index contributed by atoms with van der Waals surface area (Å²) in [5.41, 5.74) is 4.51. The third kappa shape index (κ3) is 3.99. The molecular formula is C27H25ClFN7O. The highest BCUT2D eigenvalue weighted by Gasteiger charge is 2.42. The van der Waals surface area contributed by atoms with Gasteiger partial charge in [-0.15, -0.1) is 10.2 Å². The van der Waals surface area contributed by atoms with E-state index in [9.17, 15) is 4.79 Å². The zero-order chi connectivity index (χ0) is 25.7. The maximum absolute atomic E-state index is 15.3. The molecule has 4 heterocycles. The molecule has 0 bridgehead atoms. The summed E-state index contributed by atoms with van der Waals surface area (Å²) in [5, 5.41) is 7.68. The molecule has 1 N–H and O–H groups in total. The zero-order valence-corrected chi connectivity index (χ0v) is 21.2. The summed E-state index contributed by atoms with van der Waals surface area (Å²) in [6.45, 7) is 0. The summed E-state index contributed by atoms with van der Waals surface area (Å²) in [6.07, 6.45) is 8.44. The minimum Gasteiger partial charge on any atom is -0.377 e. The minimum atomic E-state index is -0.551. The number of halogens is 2. The fraction of sp³-hybridized carbons (Fsp3) is 0.259. The Bertz CT molecular complexity index is 1510. The van der Waals surface area contributed by atoms with Gasteiger partial charge in [-0.2, -0.15) is 0 Å². The minimum absolute atomic E-state index is 0.00743. The third-order valence-electron chi connectivity index (χ3n) is 7.19. The number of nitrogens with zero attached hydrogens (tertiary/aromatic N) is 6. The molecular weight excluding hydrogens is 493 g/mol. The lowest BCUT2D eigenvalue weighted by Crippen LogP contribution is -2.39. The first kappa shape index (κ1) is 23.4. The number of anilines is 1. The van der Waals surface area contributed by atoms with Crippen molar-refractivity contribution in [2.75, 3.05) is 19.0 Å². The largest absolute Gasteiger partial charge is 0.377 e. The van der Waals surface area contributed by atoms with Crippen LogP contribution in [-0.4, -0.2) is 55.7 Å². The molecule has 0 radical (unpaired) electrons. The molecule has 2 aliphatic rings. The summed E-state index contributed by atoms with van der Waals surface area (Å²) in [5.74, 6) is 0.0509. The monoisotopic (exact) mass is 517 g/mol. The molecule has 2 aliphatic heterocycles. The van der Waals surface area contributed by atoms with Crippen molar-refractivity contribution in [1.82, 2.24) is 29.6 Å². The number of benzene rings is 2. The molecule has 188 valence electrons. The average Bonchev–Trinajstić information content (AvgIpc) is 3.66. The van der Waals surface area contributed by atoms with Crippen molar-refractivity contribution in [1.29, 1.82) is 0 Å². The van der Waals surface area contributed by atoms with Gasteiger partial charge in [0, 0.05) is 43.0 Å². The Morgan fingerprint density at radius 2 is 1.89 bits per heavy atom. The van der Waals surface area contributed by atoms with Crippen LogP contribution in [0.2, 0.25) is 5.02 Å². The summed E-state index contributed by atoms with van der Waals surface area (Å²) in [4.78, 5) is 25.5. The van der Waals surface area contributed by atoms with E-state index < -0.39 is 5.82 Å². The first-order valence-corrected chi connectivity index (χ1v) is 12.5. The number of H-pyrrole nitrogens is 1. The fourth-order valence-corrected chi connectivity index (χ4v) is 5.67. The van der Waals surface area contributed by atoms with Crippen molar-refractivity contribution < 1.29 is 9.18 Å². The molecule has 6 rings (SSSR count). The van der Waals surface area contributed by atoms with Crippen molar-refractivity contribution >= 4 is 28.8 Å². The number of aromatic amines is 1. The number of aromatic nitrogens is 5. The second-order valence-corrected chi connectivity index (χ2v) is 9.99. The highest BCUT2D eigenvalue weighted by molar-refractivity contribution is 6.31. The van der Waals surface area contributed by atoms with Crippen molar-refractivity contribution in [2.24, 2.45) is 0 Å². The van der Waals surface area contributed by atoms with Gasteiger partial charge in [-0.1, -0.05) is 29.8 Å². The van der Waals surface area contributed by atoms with Gasteiger partial charge >= 0.3 is 0 Å². The number of hydrogen-bond donors (Lipinski definition) is 1. The van der Waals surface area contributed by atoms with Crippen molar-refractivity contribution in [3.8, 4) is 16.9 Å². The first-order chi connectivity index (χ1) is 17.9. The molecule has 37 heavy (non-hydrogen) atoms. The van der Waals surface area contributed by atoms with Crippen LogP contribution in [0.25, 0.3) is 22.5 Å². The van der Waals surface area contributed by atoms with Crippen molar-refractivity contribution in [2.45, 2.75) is 31.3 Å². The molecule has 0 saturated carbocycles. The van der Waals surface area contributed by atoms with Gasteiger partial charge in [-0.05, 0) is 43.0 Å². The van der Waals surface area contributed by atoms with E-state index in [1.165, 1.54) is 24.8 Å². The summed E-state index contributed by atoms with van der Waals surface area (Å²) < 4.78 is 17.0. The number of carbonyl (C=O) groups is 1. The number of rotatable bonds is 5. The number of fused-ring (bicyclic) bond motifs is 1. The second kappa shape index (κ2) is 9.15. The van der Waals surface area contributed by atoms with Gasteiger partial charge < -0.3 is 14.8 Å². The number of carbonyl (C=O) groups excluding carboxylic acids is 1. The van der Waals surface area contributed by atoms with Gasteiger partial charge in [-0.25, -0.2) is 9.37 Å². The molecule has 10 heteroatoms. The molecule has 4 aromatic rings. The topological polar surface area (TPSA) is 82.9 Å². The third-order valence-corrected chi connectivity index (χ3v) is 7.48. The molecule has 1 amide bonds. The number of amides is 1. The van der Waals surface area contributed by atoms with Crippen LogP contribution < -0.4 is 4.90 Å². The van der Waals surface area contributed by atoms with Crippen LogP contribution in [0, 0.1) is 5.82 Å². The fourth-order valence-electron chi connectivity index (χ4n) is 5.52. The van der Waals surface area contributed by atoms with E-state index in [0.29, 0.717) is 23.2 Å². The molecule has 8 nitrogen and oxygen atoms in total. The Morgan fingerprint density at radius 3 is 2.68 bits per heavy atom. The van der Waals surface area contributed by atoms with E-state index in [1.807, 2.05) is 37.3 Å². The van der Waals surface area contributed by atoms with Crippen molar-refractivity contribution in [3.05, 3.63) is 83.6 Å². The van der Waals surface area contributed by atoms with Gasteiger partial charge in [0.15, 0.2) is 5.82 Å². The Balaban J connectivity index is 1.33. The Morgan fingerprint density at radius 1 is 1.11 bits per heavy atom. The predicted octanol–water partition coefficient (Wildman–Crippen LogP) is 5.04. The van der Waals surface area contributed by atoms with Crippen LogP contribution >= 0.6 is 11.6 Å². The van der Waals surface area contributed by atoms with E-state index in [-0.39, 0.29) is 23.0 Å². The van der Waals surface area contributed by atoms with Gasteiger partial charge in [-0.3, -0.25) is 9.36 Å². The Labute approximate surface area is 218 Å². The summed E-state index contributed by atoms with van der Waals surface area (Å²) >= 11 is 6.15. The lowest BCUT2D eigenvalue weighted by atomic mass is 9.92. The second-order valence-electron chi connectivity index (χ2n) is 9.58. The number of hydrogen-bond acceptors (Lipinski definition) is 5. The molecule has 2 atom stereocenters. The van der Waals surface area contributed by atoms with Crippen LogP contribution in [0.4, 0.5) is 10.1 Å². The van der Waals surface area contributed by atoms with Crippen LogP contribution in [-0.2, 0) is 4.79 Å². The smallest absolute Gasteiger partial charge is 0.247 e. The predicted molar refractivity (Wildman–Crippen MR) is 140 cm³/mol. The van der Waals surface area contributed by atoms with E-state index in [1.54, 1.807) is 10.6 Å². The zero-order valence-electron chi connectivity index (χ0n) is 20.4. The highest BCUT2D eigenvalue weighted by atomic mass is 35.5. The lowest BCUT2D eigenvalue weighted by molar-refractivity contribution is -0.129. The van der Waals surface area contributed by atoms with Gasteiger partial charge in [0.25, 0.3) is 0 Å². The number of para-hydroxylation sites is 1. The lowest BCUT2D eigenvalue weighted by Gasteiger charge is -2.33. The normalized spacial score (nSPS) is 19.2. The van der Waals surface area contributed by atoms with Crippen LogP contribution in [0.1, 0.15) is 36.7 Å². The van der Waals surface area contributed by atoms with Gasteiger partial charge in [0.05, 0.1) is 28.6 Å². The van der Waals surface area contributed by atoms with Crippen LogP contribution in [0.3, 0.4) is 0 Å². The van der Waals surface area contributed by atoms with Crippen LogP contribution in [0.15, 0.2) is 61.3 Å². The Hall–Kier alpha value is -3.98. The average molecular weight is 518 g/mol. The molecule has 2 aromatic heterocycles. The SMILES string of the molecule is CN(C)c1ccccc1-c1cnc([C@@H]2CCC3CC(c4c(-n5cnnc5)ccc(Cl)c4F)=CC(=O)N32)[nH]1. The summed E-state index contributed by atoms with van der Waals surface area (Å²) in [7, 11) is 4.01. The standard InChI is InChI=1S/C27H25ClFN7O/c1-34(2)21-6-4-3-5-18(21)20-13-30-27(33-20)23-9-7-17-11-16(12-24(37)36(17)23)25-22(35-14-31-32-15-35)10-8-19(28)26(25)29/h3-6,8,10,12-15,17,23H,7,9,11H2,1-2H3,(H,30,33)/t17?,23-/m0/s1. The number of imidazole rings is 1. The van der Waals surface area contributed by atoms with Crippen molar-refractivity contribution in [3.63, 3.8) is 0 Å². The highest BCUT2D eigenvalue weighted by Crippen LogP contribution is 2.44. The molecule has 2 aromatic carbocycles. The quantitative estimate of drug-likeness (QED) is 0.401. The molecule has 0 aliphatic carbocycles. The van der Waals surface area contributed by atoms with E-state index in [0.717, 1.165) is 35.6 Å². The number of nitrogens with one attached hydrogen (secondary N) is 1. The molecule has 1 unspecified atom stereocenters. The van der Waals surface area contributed by atoms with E-state index in [4.69, 9.17) is 11.6 Å². The van der Waals surface area contributed by atoms with Gasteiger partial charge in [0.2, 0.25) is 5.91 Å². The maximum atomic E-state index is 15.3. The van der Waals surface area contributed by atoms with Crippen LogP contribution in [0.5, 0.6) is 0 Å². The Kier molecular flexibility index (Phi) is 5.79. The maximum Gasteiger partial charge on any atom is 0.247 e. The first-order valence-electron chi connectivity index (χ1n) is 12.1. The summed E-state index contributed by atoms with van der Waals surface area (Å²) in [6, 6.07) is 11.1. The molecule has 1 fully saturated rings. The molecule has 0 spiro atoms. The van der Waals surface area contributed by atoms with Gasteiger partial charge in [0.1, 0.15) is 18.5 Å². The van der Waals surface area contributed by atoms with E-state index >= 15 is 4.39 Å². The molecule has 1 saturated heterocycles. The van der Waals surface area contributed by atoms with E-state index in [2.05, 4.69) is 37.2 Å².